The molecule has 0 saturated carbocycles. The molecule has 1 N–H and O–H groups in total. The van der Waals surface area contributed by atoms with Gasteiger partial charge in [-0.25, -0.2) is 8.42 Å². The van der Waals surface area contributed by atoms with Gasteiger partial charge in [-0.3, -0.25) is 14.0 Å². The van der Waals surface area contributed by atoms with Crippen LogP contribution in [0.2, 0.25) is 0 Å². The summed E-state index contributed by atoms with van der Waals surface area (Å²) in [5, 5.41) is 2.91. The molecular formula is C22H29N3O4S. The van der Waals surface area contributed by atoms with Crippen molar-refractivity contribution >= 4 is 21.6 Å². The summed E-state index contributed by atoms with van der Waals surface area (Å²) in [6.45, 7) is 3.54. The monoisotopic (exact) mass is 431 g/mol. The van der Waals surface area contributed by atoms with Crippen LogP contribution in [-0.2, 0) is 27.9 Å². The van der Waals surface area contributed by atoms with Gasteiger partial charge in [0.05, 0.1) is 11.9 Å². The van der Waals surface area contributed by atoms with Gasteiger partial charge in [-0.05, 0) is 61.3 Å². The van der Waals surface area contributed by atoms with Crippen molar-refractivity contribution in [1.82, 2.24) is 10.2 Å². The summed E-state index contributed by atoms with van der Waals surface area (Å²) in [5.41, 5.74) is 2.89. The van der Waals surface area contributed by atoms with Crippen molar-refractivity contribution in [2.45, 2.75) is 25.9 Å². The van der Waals surface area contributed by atoms with Crippen molar-refractivity contribution in [3.05, 3.63) is 59.7 Å². The molecule has 0 bridgehead atoms. The topological polar surface area (TPSA) is 79.0 Å². The van der Waals surface area contributed by atoms with E-state index < -0.39 is 10.0 Å². The Bertz CT molecular complexity index is 955. The maximum atomic E-state index is 12.2. The highest BCUT2D eigenvalue weighted by molar-refractivity contribution is 7.92. The van der Waals surface area contributed by atoms with E-state index in [4.69, 9.17) is 4.74 Å². The summed E-state index contributed by atoms with van der Waals surface area (Å²) in [4.78, 5) is 14.7. The van der Waals surface area contributed by atoms with Crippen molar-refractivity contribution in [1.29, 1.82) is 0 Å². The Balaban J connectivity index is 1.48. The number of likely N-dealkylation sites (tertiary alicyclic amines) is 1. The van der Waals surface area contributed by atoms with Crippen LogP contribution in [0.1, 0.15) is 24.0 Å². The van der Waals surface area contributed by atoms with Crippen LogP contribution in [-0.4, -0.2) is 52.2 Å². The molecule has 30 heavy (non-hydrogen) atoms. The van der Waals surface area contributed by atoms with E-state index in [1.807, 2.05) is 18.2 Å². The number of carbonyl (C=O) groups is 1. The Labute approximate surface area is 178 Å². The molecule has 1 aliphatic heterocycles. The summed E-state index contributed by atoms with van der Waals surface area (Å²) in [7, 11) is -1.83. The van der Waals surface area contributed by atoms with Gasteiger partial charge in [-0.2, -0.15) is 0 Å². The number of hydrogen-bond acceptors (Lipinski definition) is 5. The highest BCUT2D eigenvalue weighted by Crippen LogP contribution is 2.20. The van der Waals surface area contributed by atoms with Gasteiger partial charge in [0.1, 0.15) is 5.75 Å². The van der Waals surface area contributed by atoms with E-state index in [1.54, 1.807) is 24.3 Å². The molecule has 1 aliphatic rings. The van der Waals surface area contributed by atoms with Crippen molar-refractivity contribution in [3.8, 4) is 5.75 Å². The third kappa shape index (κ3) is 6.21. The zero-order valence-electron chi connectivity index (χ0n) is 17.5. The lowest BCUT2D eigenvalue weighted by atomic mass is 10.1. The first kappa shape index (κ1) is 22.1. The molecule has 162 valence electrons. The van der Waals surface area contributed by atoms with Gasteiger partial charge in [-0.15, -0.1) is 0 Å². The summed E-state index contributed by atoms with van der Waals surface area (Å²) < 4.78 is 29.9. The zero-order chi connectivity index (χ0) is 21.6. The normalized spacial score (nSPS) is 14.5. The summed E-state index contributed by atoms with van der Waals surface area (Å²) in [6.07, 6.45) is 3.65. The number of hydrogen-bond donors (Lipinski definition) is 1. The van der Waals surface area contributed by atoms with Gasteiger partial charge < -0.3 is 10.1 Å². The molecule has 7 nitrogen and oxygen atoms in total. The molecule has 3 rings (SSSR count). The third-order valence-electron chi connectivity index (χ3n) is 5.25. The molecule has 8 heteroatoms. The summed E-state index contributed by atoms with van der Waals surface area (Å²) in [6, 6.07) is 14.8. The predicted molar refractivity (Wildman–Crippen MR) is 118 cm³/mol. The Kier molecular flexibility index (Phi) is 7.33. The molecule has 1 saturated heterocycles. The Morgan fingerprint density at radius 1 is 1.07 bits per heavy atom. The van der Waals surface area contributed by atoms with Crippen molar-refractivity contribution in [2.24, 2.45) is 0 Å². The molecule has 1 amide bonds. The van der Waals surface area contributed by atoms with Crippen LogP contribution >= 0.6 is 0 Å². The van der Waals surface area contributed by atoms with E-state index in [0.717, 1.165) is 31.5 Å². The fourth-order valence-corrected chi connectivity index (χ4v) is 3.91. The molecular weight excluding hydrogens is 402 g/mol. The van der Waals surface area contributed by atoms with E-state index in [1.165, 1.54) is 29.8 Å². The molecule has 0 aromatic heterocycles. The van der Waals surface area contributed by atoms with Gasteiger partial charge in [0, 0.05) is 20.1 Å². The average molecular weight is 432 g/mol. The fraction of sp³-hybridized carbons (Fsp3) is 0.409. The number of nitrogens with one attached hydrogen (secondary N) is 1. The van der Waals surface area contributed by atoms with E-state index in [-0.39, 0.29) is 12.5 Å². The minimum absolute atomic E-state index is 0.102. The smallest absolute Gasteiger partial charge is 0.258 e. The second-order valence-corrected chi connectivity index (χ2v) is 9.56. The third-order valence-corrected chi connectivity index (χ3v) is 6.46. The lowest BCUT2D eigenvalue weighted by Crippen LogP contribution is -2.29. The number of carbonyl (C=O) groups excluding carboxylic acids is 1. The van der Waals surface area contributed by atoms with Crippen molar-refractivity contribution < 1.29 is 17.9 Å². The highest BCUT2D eigenvalue weighted by atomic mass is 32.2. The van der Waals surface area contributed by atoms with Gasteiger partial charge in [0.2, 0.25) is 10.0 Å². The number of ether oxygens (including phenoxy) is 1. The summed E-state index contributed by atoms with van der Waals surface area (Å²) >= 11 is 0. The quantitative estimate of drug-likeness (QED) is 0.660. The predicted octanol–water partition coefficient (Wildman–Crippen LogP) is 2.37. The lowest BCUT2D eigenvalue weighted by molar-refractivity contribution is -0.123. The minimum Gasteiger partial charge on any atom is -0.484 e. The Morgan fingerprint density at radius 3 is 2.33 bits per heavy atom. The number of amides is 1. The largest absolute Gasteiger partial charge is 0.484 e. The summed E-state index contributed by atoms with van der Waals surface area (Å²) in [5.74, 6) is 0.300. The van der Waals surface area contributed by atoms with Crippen LogP contribution in [0, 0.1) is 0 Å². The number of sulfonamides is 1. The molecule has 0 unspecified atom stereocenters. The number of benzene rings is 2. The first-order chi connectivity index (χ1) is 14.3. The minimum atomic E-state index is -3.31. The zero-order valence-corrected chi connectivity index (χ0v) is 18.3. The van der Waals surface area contributed by atoms with Crippen LogP contribution in [0.15, 0.2) is 48.5 Å². The lowest BCUT2D eigenvalue weighted by Gasteiger charge is -2.18. The van der Waals surface area contributed by atoms with Crippen LogP contribution in [0.3, 0.4) is 0 Å². The van der Waals surface area contributed by atoms with Crippen molar-refractivity contribution in [3.63, 3.8) is 0 Å². The van der Waals surface area contributed by atoms with E-state index in [2.05, 4.69) is 16.3 Å². The van der Waals surface area contributed by atoms with Gasteiger partial charge in [0.25, 0.3) is 5.91 Å². The standard InChI is InChI=1S/C22H29N3O4S/c1-24(30(2,27)28)20-9-11-21(12-10-20)29-17-22(26)23-15-18-7-3-4-8-19(18)16-25-13-5-6-14-25/h3-4,7-12H,5-6,13-17H2,1-2H3,(H,23,26). The molecule has 0 aliphatic carbocycles. The maximum Gasteiger partial charge on any atom is 0.258 e. The average Bonchev–Trinajstić information content (AvgIpc) is 3.24. The first-order valence-electron chi connectivity index (χ1n) is 10.1. The molecule has 0 radical (unpaired) electrons. The van der Waals surface area contributed by atoms with Crippen LogP contribution < -0.4 is 14.4 Å². The second kappa shape index (κ2) is 9.95. The van der Waals surface area contributed by atoms with Gasteiger partial charge in [0.15, 0.2) is 6.61 Å². The fourth-order valence-electron chi connectivity index (χ4n) is 3.40. The molecule has 0 atom stereocenters. The number of rotatable bonds is 9. The van der Waals surface area contributed by atoms with E-state index in [9.17, 15) is 13.2 Å². The number of nitrogens with zero attached hydrogens (tertiary/aromatic N) is 2. The highest BCUT2D eigenvalue weighted by Gasteiger charge is 2.14. The molecule has 1 fully saturated rings. The molecule has 2 aromatic rings. The van der Waals surface area contributed by atoms with Crippen LogP contribution in [0.4, 0.5) is 5.69 Å². The SMILES string of the molecule is CN(c1ccc(OCC(=O)NCc2ccccc2CN2CCCC2)cc1)S(C)(=O)=O. The molecule has 1 heterocycles. The van der Waals surface area contributed by atoms with Gasteiger partial charge in [-0.1, -0.05) is 24.3 Å². The van der Waals surface area contributed by atoms with Gasteiger partial charge >= 0.3 is 0 Å². The number of anilines is 1. The second-order valence-electron chi connectivity index (χ2n) is 7.54. The Hall–Kier alpha value is -2.58. The maximum absolute atomic E-state index is 12.2. The van der Waals surface area contributed by atoms with E-state index in [0.29, 0.717) is 18.0 Å². The van der Waals surface area contributed by atoms with Crippen LogP contribution in [0.5, 0.6) is 5.75 Å². The Morgan fingerprint density at radius 2 is 1.70 bits per heavy atom. The van der Waals surface area contributed by atoms with E-state index >= 15 is 0 Å². The molecule has 0 spiro atoms. The van der Waals surface area contributed by atoms with Crippen molar-refractivity contribution in [2.75, 3.05) is 37.3 Å². The first-order valence-corrected chi connectivity index (χ1v) is 11.9. The van der Waals surface area contributed by atoms with Crippen LogP contribution in [0.25, 0.3) is 0 Å². The molecule has 2 aromatic carbocycles.